The molecule has 4 heteroatoms. The number of nitrogens with one attached hydrogen (secondary N) is 2. The van der Waals surface area contributed by atoms with E-state index < -0.39 is 0 Å². The Bertz CT molecular complexity index is 336. The Morgan fingerprint density at radius 1 is 1.19 bits per heavy atom. The molecule has 2 fully saturated rings. The largest absolute Gasteiger partial charge is 0.356 e. The molecular formula is C17H34N4. The molecule has 21 heavy (non-hydrogen) atoms. The van der Waals surface area contributed by atoms with Crippen molar-refractivity contribution in [1.29, 1.82) is 0 Å². The van der Waals surface area contributed by atoms with Crippen molar-refractivity contribution in [2.75, 3.05) is 26.7 Å². The molecule has 2 N–H and O–H groups in total. The Kier molecular flexibility index (Phi) is 6.34. The van der Waals surface area contributed by atoms with Gasteiger partial charge in [0.1, 0.15) is 0 Å². The molecule has 0 aromatic carbocycles. The molecule has 1 aliphatic carbocycles. The number of nitrogens with zero attached hydrogens (tertiary/aromatic N) is 2. The Morgan fingerprint density at radius 3 is 2.57 bits per heavy atom. The molecule has 0 bridgehead atoms. The van der Waals surface area contributed by atoms with Gasteiger partial charge in [-0.25, -0.2) is 0 Å². The van der Waals surface area contributed by atoms with E-state index in [4.69, 9.17) is 0 Å². The van der Waals surface area contributed by atoms with Crippen LogP contribution in [0.5, 0.6) is 0 Å². The van der Waals surface area contributed by atoms with Crippen LogP contribution in [0.25, 0.3) is 0 Å². The van der Waals surface area contributed by atoms with Gasteiger partial charge in [-0.3, -0.25) is 4.99 Å². The van der Waals surface area contributed by atoms with Crippen molar-refractivity contribution in [2.45, 2.75) is 65.0 Å². The Hall–Kier alpha value is -0.770. The molecule has 0 aromatic heterocycles. The predicted molar refractivity (Wildman–Crippen MR) is 90.7 cm³/mol. The molecule has 1 heterocycles. The van der Waals surface area contributed by atoms with Gasteiger partial charge < -0.3 is 15.5 Å². The van der Waals surface area contributed by atoms with E-state index in [1.165, 1.54) is 45.2 Å². The average Bonchev–Trinajstić information content (AvgIpc) is 3.20. The van der Waals surface area contributed by atoms with Crippen molar-refractivity contribution < 1.29 is 0 Å². The van der Waals surface area contributed by atoms with Crippen LogP contribution in [0.15, 0.2) is 4.99 Å². The second-order valence-electron chi connectivity index (χ2n) is 7.35. The third-order valence-corrected chi connectivity index (χ3v) is 4.72. The van der Waals surface area contributed by atoms with Gasteiger partial charge in [-0.15, -0.1) is 0 Å². The van der Waals surface area contributed by atoms with E-state index in [9.17, 15) is 0 Å². The molecule has 0 radical (unpaired) electrons. The molecule has 2 aliphatic rings. The highest BCUT2D eigenvalue weighted by Gasteiger charge is 2.34. The van der Waals surface area contributed by atoms with Crippen molar-refractivity contribution in [3.05, 3.63) is 0 Å². The first-order valence-corrected chi connectivity index (χ1v) is 8.79. The van der Waals surface area contributed by atoms with E-state index in [1.807, 2.05) is 7.05 Å². The van der Waals surface area contributed by atoms with Crippen LogP contribution in [-0.2, 0) is 0 Å². The van der Waals surface area contributed by atoms with Crippen LogP contribution in [0.4, 0.5) is 0 Å². The zero-order valence-electron chi connectivity index (χ0n) is 14.4. The maximum absolute atomic E-state index is 4.36. The van der Waals surface area contributed by atoms with Gasteiger partial charge in [0.05, 0.1) is 0 Å². The maximum atomic E-state index is 4.36. The first-order chi connectivity index (χ1) is 10.1. The van der Waals surface area contributed by atoms with Crippen LogP contribution in [0, 0.1) is 11.8 Å². The van der Waals surface area contributed by atoms with Crippen LogP contribution in [-0.4, -0.2) is 49.6 Å². The Morgan fingerprint density at radius 2 is 1.95 bits per heavy atom. The van der Waals surface area contributed by atoms with Crippen molar-refractivity contribution in [2.24, 2.45) is 16.8 Å². The fraction of sp³-hybridized carbons (Fsp3) is 0.941. The summed E-state index contributed by atoms with van der Waals surface area (Å²) in [7, 11) is 1.87. The topological polar surface area (TPSA) is 39.7 Å². The number of hydrogen-bond donors (Lipinski definition) is 2. The summed E-state index contributed by atoms with van der Waals surface area (Å²) in [5.74, 6) is 2.53. The van der Waals surface area contributed by atoms with Crippen LogP contribution < -0.4 is 10.6 Å². The number of likely N-dealkylation sites (tertiary alicyclic amines) is 1. The lowest BCUT2D eigenvalue weighted by Crippen LogP contribution is -2.44. The lowest BCUT2D eigenvalue weighted by molar-refractivity contribution is 0.314. The number of aliphatic imine (C=N–C) groups is 1. The minimum atomic E-state index is 0.491. The SMILES string of the molecule is CN=C(NCC1CCN(C2CC2)C1)NC(C)CCC(C)C. The highest BCUT2D eigenvalue weighted by Crippen LogP contribution is 2.31. The average molecular weight is 294 g/mol. The second kappa shape index (κ2) is 8.02. The van der Waals surface area contributed by atoms with Gasteiger partial charge in [0.25, 0.3) is 0 Å². The normalized spacial score (nSPS) is 25.4. The van der Waals surface area contributed by atoms with Crippen molar-refractivity contribution in [1.82, 2.24) is 15.5 Å². The van der Waals surface area contributed by atoms with Crippen LogP contribution in [0.2, 0.25) is 0 Å². The summed E-state index contributed by atoms with van der Waals surface area (Å²) in [6, 6.07) is 1.41. The Labute approximate surface area is 130 Å². The highest BCUT2D eigenvalue weighted by molar-refractivity contribution is 5.79. The lowest BCUT2D eigenvalue weighted by Gasteiger charge is -2.20. The van der Waals surface area contributed by atoms with Gasteiger partial charge in [0, 0.05) is 32.2 Å². The molecule has 4 nitrogen and oxygen atoms in total. The fourth-order valence-electron chi connectivity index (χ4n) is 3.13. The fourth-order valence-corrected chi connectivity index (χ4v) is 3.13. The van der Waals surface area contributed by atoms with Gasteiger partial charge in [0.15, 0.2) is 5.96 Å². The van der Waals surface area contributed by atoms with Crippen LogP contribution >= 0.6 is 0 Å². The molecule has 0 amide bonds. The molecule has 1 aliphatic heterocycles. The van der Waals surface area contributed by atoms with E-state index in [0.29, 0.717) is 6.04 Å². The van der Waals surface area contributed by atoms with Crippen molar-refractivity contribution >= 4 is 5.96 Å². The minimum absolute atomic E-state index is 0.491. The monoisotopic (exact) mass is 294 g/mol. The first-order valence-electron chi connectivity index (χ1n) is 8.79. The van der Waals surface area contributed by atoms with Gasteiger partial charge in [-0.1, -0.05) is 13.8 Å². The van der Waals surface area contributed by atoms with Gasteiger partial charge in [-0.2, -0.15) is 0 Å². The molecule has 0 aromatic rings. The number of hydrogen-bond acceptors (Lipinski definition) is 2. The third-order valence-electron chi connectivity index (χ3n) is 4.72. The number of guanidine groups is 1. The predicted octanol–water partition coefficient (Wildman–Crippen LogP) is 2.46. The van der Waals surface area contributed by atoms with Crippen molar-refractivity contribution in [3.63, 3.8) is 0 Å². The molecule has 2 unspecified atom stereocenters. The summed E-state index contributed by atoms with van der Waals surface area (Å²) in [5.41, 5.74) is 0. The van der Waals surface area contributed by atoms with E-state index >= 15 is 0 Å². The molecule has 1 saturated heterocycles. The zero-order chi connectivity index (χ0) is 15.2. The summed E-state index contributed by atoms with van der Waals surface area (Å²) in [4.78, 5) is 7.04. The molecular weight excluding hydrogens is 260 g/mol. The standard InChI is InChI=1S/C17H34N4/c1-13(2)5-6-14(3)20-17(18-4)19-11-15-9-10-21(12-15)16-7-8-16/h13-16H,5-12H2,1-4H3,(H2,18,19,20). The minimum Gasteiger partial charge on any atom is -0.356 e. The van der Waals surface area contributed by atoms with Gasteiger partial charge >= 0.3 is 0 Å². The lowest BCUT2D eigenvalue weighted by atomic mass is 10.0. The van der Waals surface area contributed by atoms with Crippen molar-refractivity contribution in [3.8, 4) is 0 Å². The molecule has 0 spiro atoms. The van der Waals surface area contributed by atoms with E-state index in [2.05, 4.69) is 41.3 Å². The highest BCUT2D eigenvalue weighted by atomic mass is 15.2. The van der Waals surface area contributed by atoms with Crippen LogP contribution in [0.1, 0.15) is 52.9 Å². The van der Waals surface area contributed by atoms with Gasteiger partial charge in [-0.05, 0) is 57.4 Å². The Balaban J connectivity index is 1.63. The van der Waals surface area contributed by atoms with E-state index in [0.717, 1.165) is 30.4 Å². The number of rotatable bonds is 7. The quantitative estimate of drug-likeness (QED) is 0.560. The second-order valence-corrected chi connectivity index (χ2v) is 7.35. The summed E-state index contributed by atoms with van der Waals surface area (Å²) in [6.07, 6.45) is 6.66. The third kappa shape index (κ3) is 5.85. The summed E-state index contributed by atoms with van der Waals surface area (Å²) < 4.78 is 0. The molecule has 2 atom stereocenters. The first kappa shape index (κ1) is 16.6. The van der Waals surface area contributed by atoms with E-state index in [-0.39, 0.29) is 0 Å². The van der Waals surface area contributed by atoms with E-state index in [1.54, 1.807) is 0 Å². The summed E-state index contributed by atoms with van der Waals surface area (Å²) in [5, 5.41) is 7.04. The molecule has 2 rings (SSSR count). The van der Waals surface area contributed by atoms with Crippen LogP contribution in [0.3, 0.4) is 0 Å². The molecule has 122 valence electrons. The zero-order valence-corrected chi connectivity index (χ0v) is 14.4. The molecule has 1 saturated carbocycles. The smallest absolute Gasteiger partial charge is 0.191 e. The maximum Gasteiger partial charge on any atom is 0.191 e. The summed E-state index contributed by atoms with van der Waals surface area (Å²) >= 11 is 0. The van der Waals surface area contributed by atoms with Gasteiger partial charge in [0.2, 0.25) is 0 Å². The summed E-state index contributed by atoms with van der Waals surface area (Å²) in [6.45, 7) is 10.4.